The molecule has 0 aliphatic carbocycles. The zero-order chi connectivity index (χ0) is 17.1. The Morgan fingerprint density at radius 1 is 0.760 bits per heavy atom. The van der Waals surface area contributed by atoms with E-state index in [2.05, 4.69) is 70.6 Å². The van der Waals surface area contributed by atoms with Crippen LogP contribution in [0.3, 0.4) is 0 Å². The van der Waals surface area contributed by atoms with E-state index in [1.165, 1.54) is 11.1 Å². The summed E-state index contributed by atoms with van der Waals surface area (Å²) in [5.41, 5.74) is 2.94. The molecule has 0 saturated carbocycles. The van der Waals surface area contributed by atoms with Crippen LogP contribution in [0.15, 0.2) is 89.9 Å². The van der Waals surface area contributed by atoms with Crippen LogP contribution < -0.4 is 0 Å². The van der Waals surface area contributed by atoms with E-state index in [0.717, 1.165) is 23.7 Å². The second-order valence-electron chi connectivity index (χ2n) is 6.14. The van der Waals surface area contributed by atoms with Gasteiger partial charge in [-0.2, -0.15) is 0 Å². The van der Waals surface area contributed by atoms with Gasteiger partial charge in [-0.1, -0.05) is 90.5 Å². The quantitative estimate of drug-likeness (QED) is 0.608. The van der Waals surface area contributed by atoms with Gasteiger partial charge in [0.15, 0.2) is 0 Å². The van der Waals surface area contributed by atoms with Gasteiger partial charge in [0.25, 0.3) is 0 Å². The van der Waals surface area contributed by atoms with Crippen molar-refractivity contribution in [3.05, 3.63) is 107 Å². The van der Waals surface area contributed by atoms with Crippen molar-refractivity contribution in [2.45, 2.75) is 5.54 Å². The summed E-state index contributed by atoms with van der Waals surface area (Å²) < 4.78 is 0. The molecule has 3 aromatic carbocycles. The highest BCUT2D eigenvalue weighted by Crippen LogP contribution is 2.44. The lowest BCUT2D eigenvalue weighted by molar-refractivity contribution is 0.296. The van der Waals surface area contributed by atoms with Crippen molar-refractivity contribution in [3.63, 3.8) is 0 Å². The maximum Gasteiger partial charge on any atom is 0.118 e. The van der Waals surface area contributed by atoms with Crippen LogP contribution in [-0.4, -0.2) is 24.3 Å². The first-order valence-corrected chi connectivity index (χ1v) is 8.84. The number of hydrogen-bond donors (Lipinski definition) is 0. The van der Waals surface area contributed by atoms with E-state index in [1.54, 1.807) is 0 Å². The number of nitrogens with zero attached hydrogens (tertiary/aromatic N) is 2. The molecule has 4 rings (SSSR count). The van der Waals surface area contributed by atoms with Crippen LogP contribution in [0.2, 0.25) is 5.02 Å². The molecule has 0 N–H and O–H groups in total. The SMILES string of the molecule is Clc1ccccc1C(c1ccccc1)(c1ccccc1)N1C=NCC1. The first kappa shape index (κ1) is 15.9. The molecule has 1 aliphatic rings. The molecule has 25 heavy (non-hydrogen) atoms. The van der Waals surface area contributed by atoms with Crippen molar-refractivity contribution in [1.29, 1.82) is 0 Å². The normalized spacial score (nSPS) is 14.0. The highest BCUT2D eigenvalue weighted by molar-refractivity contribution is 6.31. The van der Waals surface area contributed by atoms with E-state index < -0.39 is 5.54 Å². The smallest absolute Gasteiger partial charge is 0.118 e. The van der Waals surface area contributed by atoms with Gasteiger partial charge in [0.1, 0.15) is 5.54 Å². The Morgan fingerprint density at radius 2 is 1.32 bits per heavy atom. The van der Waals surface area contributed by atoms with Gasteiger partial charge < -0.3 is 4.90 Å². The van der Waals surface area contributed by atoms with Gasteiger partial charge >= 0.3 is 0 Å². The molecule has 0 radical (unpaired) electrons. The zero-order valence-electron chi connectivity index (χ0n) is 13.8. The number of halogens is 1. The second-order valence-corrected chi connectivity index (χ2v) is 6.54. The molecule has 2 nitrogen and oxygen atoms in total. The van der Waals surface area contributed by atoms with Crippen LogP contribution in [0.25, 0.3) is 0 Å². The second kappa shape index (κ2) is 6.73. The predicted molar refractivity (Wildman–Crippen MR) is 104 cm³/mol. The van der Waals surface area contributed by atoms with E-state index >= 15 is 0 Å². The van der Waals surface area contributed by atoms with Crippen LogP contribution in [-0.2, 0) is 5.54 Å². The average Bonchev–Trinajstić information content (AvgIpc) is 3.21. The molecular weight excluding hydrogens is 328 g/mol. The van der Waals surface area contributed by atoms with E-state index in [4.69, 9.17) is 11.6 Å². The van der Waals surface area contributed by atoms with Crippen molar-refractivity contribution in [2.24, 2.45) is 4.99 Å². The maximum atomic E-state index is 6.72. The largest absolute Gasteiger partial charge is 0.343 e. The molecule has 3 heteroatoms. The van der Waals surface area contributed by atoms with Crippen LogP contribution in [0.4, 0.5) is 0 Å². The molecule has 1 aliphatic heterocycles. The highest BCUT2D eigenvalue weighted by Gasteiger charge is 2.43. The van der Waals surface area contributed by atoms with Gasteiger partial charge in [0.2, 0.25) is 0 Å². The van der Waals surface area contributed by atoms with Crippen molar-refractivity contribution in [1.82, 2.24) is 4.90 Å². The lowest BCUT2D eigenvalue weighted by Gasteiger charge is -2.43. The molecular formula is C22H19ClN2. The van der Waals surface area contributed by atoms with Gasteiger partial charge in [0.05, 0.1) is 12.9 Å². The van der Waals surface area contributed by atoms with Gasteiger partial charge in [-0.3, -0.25) is 4.99 Å². The first-order chi connectivity index (χ1) is 12.3. The van der Waals surface area contributed by atoms with Crippen molar-refractivity contribution in [2.75, 3.05) is 13.1 Å². The molecule has 0 spiro atoms. The Hall–Kier alpha value is -2.58. The minimum atomic E-state index is -0.499. The third-order valence-corrected chi connectivity index (χ3v) is 5.10. The molecule has 3 aromatic rings. The molecule has 124 valence electrons. The third kappa shape index (κ3) is 2.63. The molecule has 1 heterocycles. The summed E-state index contributed by atoms with van der Waals surface area (Å²) in [6, 6.07) is 29.2. The van der Waals surface area contributed by atoms with Gasteiger partial charge in [-0.05, 0) is 17.2 Å². The summed E-state index contributed by atoms with van der Waals surface area (Å²) in [6.45, 7) is 1.65. The van der Waals surface area contributed by atoms with E-state index in [0.29, 0.717) is 0 Å². The summed E-state index contributed by atoms with van der Waals surface area (Å²) in [7, 11) is 0. The Kier molecular flexibility index (Phi) is 4.29. The van der Waals surface area contributed by atoms with E-state index in [1.807, 2.05) is 30.6 Å². The van der Waals surface area contributed by atoms with Crippen molar-refractivity contribution in [3.8, 4) is 0 Å². The zero-order valence-corrected chi connectivity index (χ0v) is 14.6. The highest BCUT2D eigenvalue weighted by atomic mass is 35.5. The van der Waals surface area contributed by atoms with Gasteiger partial charge in [-0.15, -0.1) is 0 Å². The minimum Gasteiger partial charge on any atom is -0.343 e. The monoisotopic (exact) mass is 346 g/mol. The Balaban J connectivity index is 2.09. The van der Waals surface area contributed by atoms with E-state index in [-0.39, 0.29) is 0 Å². The molecule has 0 fully saturated rings. The average molecular weight is 347 g/mol. The summed E-state index contributed by atoms with van der Waals surface area (Å²) in [6.07, 6.45) is 1.96. The fourth-order valence-electron chi connectivity index (χ4n) is 3.71. The van der Waals surface area contributed by atoms with Crippen molar-refractivity contribution >= 4 is 17.9 Å². The standard InChI is InChI=1S/C22H19ClN2/c23-21-14-8-7-13-20(21)22(25-16-15-24-17-25,18-9-3-1-4-10-18)19-11-5-2-6-12-19/h1-14,17H,15-16H2. The van der Waals surface area contributed by atoms with Gasteiger partial charge in [0, 0.05) is 17.1 Å². The fraction of sp³-hybridized carbons (Fsp3) is 0.136. The minimum absolute atomic E-state index is 0.499. The number of aliphatic imine (C=N–C) groups is 1. The molecule has 0 atom stereocenters. The molecule has 0 saturated heterocycles. The van der Waals surface area contributed by atoms with Crippen LogP contribution in [0, 0.1) is 0 Å². The lowest BCUT2D eigenvalue weighted by Crippen LogP contribution is -2.46. The molecule has 0 amide bonds. The first-order valence-electron chi connectivity index (χ1n) is 8.46. The number of hydrogen-bond acceptors (Lipinski definition) is 2. The summed E-state index contributed by atoms with van der Waals surface area (Å²) >= 11 is 6.72. The third-order valence-electron chi connectivity index (χ3n) is 4.77. The molecule has 0 aromatic heterocycles. The molecule has 0 unspecified atom stereocenters. The lowest BCUT2D eigenvalue weighted by atomic mass is 9.75. The van der Waals surface area contributed by atoms with Gasteiger partial charge in [-0.25, -0.2) is 0 Å². The topological polar surface area (TPSA) is 15.6 Å². The number of rotatable bonds is 4. The molecule has 0 bridgehead atoms. The fourth-order valence-corrected chi connectivity index (χ4v) is 3.98. The Labute approximate surface area is 153 Å². The van der Waals surface area contributed by atoms with E-state index in [9.17, 15) is 0 Å². The Bertz CT molecular complexity index is 835. The summed E-state index contributed by atoms with van der Waals surface area (Å²) in [5.74, 6) is 0. The van der Waals surface area contributed by atoms with Crippen LogP contribution >= 0.6 is 11.6 Å². The number of benzene rings is 3. The summed E-state index contributed by atoms with van der Waals surface area (Å²) in [5, 5.41) is 0.760. The predicted octanol–water partition coefficient (Wildman–Crippen LogP) is 4.98. The summed E-state index contributed by atoms with van der Waals surface area (Å²) in [4.78, 5) is 6.80. The van der Waals surface area contributed by atoms with Crippen LogP contribution in [0.1, 0.15) is 16.7 Å². The maximum absolute atomic E-state index is 6.72. The van der Waals surface area contributed by atoms with Crippen molar-refractivity contribution < 1.29 is 0 Å². The van der Waals surface area contributed by atoms with Crippen LogP contribution in [0.5, 0.6) is 0 Å². The Morgan fingerprint density at radius 3 is 1.84 bits per heavy atom.